The number of hydrogen-bond donors (Lipinski definition) is 1. The van der Waals surface area contributed by atoms with Crippen molar-refractivity contribution in [2.45, 2.75) is 37.1 Å². The first kappa shape index (κ1) is 20.2. The Bertz CT molecular complexity index is 1180. The van der Waals surface area contributed by atoms with Gasteiger partial charge in [-0.3, -0.25) is 19.8 Å². The molecule has 0 spiro atoms. The van der Waals surface area contributed by atoms with E-state index in [-0.39, 0.29) is 17.1 Å². The lowest BCUT2D eigenvalue weighted by atomic mass is 9.95. The van der Waals surface area contributed by atoms with Gasteiger partial charge in [0.05, 0.1) is 22.1 Å². The van der Waals surface area contributed by atoms with Crippen molar-refractivity contribution in [1.29, 1.82) is 0 Å². The number of benzene rings is 1. The summed E-state index contributed by atoms with van der Waals surface area (Å²) in [5, 5.41) is 15.6. The second-order valence-electron chi connectivity index (χ2n) is 7.07. The second-order valence-corrected chi connectivity index (χ2v) is 8.84. The molecule has 30 heavy (non-hydrogen) atoms. The van der Waals surface area contributed by atoms with Crippen LogP contribution in [-0.4, -0.2) is 34.7 Å². The minimum atomic E-state index is -3.86. The SMILES string of the molecule is O=[N+]([O-])c1cccc(S(=O)(=O)NCCn2nc(-c3ccccn3)c3c2CCCC3)c1. The van der Waals surface area contributed by atoms with Crippen LogP contribution in [-0.2, 0) is 29.4 Å². The molecule has 1 aromatic carbocycles. The summed E-state index contributed by atoms with van der Waals surface area (Å²) < 4.78 is 29.5. The summed E-state index contributed by atoms with van der Waals surface area (Å²) in [5.74, 6) is 0. The van der Waals surface area contributed by atoms with Gasteiger partial charge in [-0.15, -0.1) is 0 Å². The third-order valence-electron chi connectivity index (χ3n) is 5.12. The first-order chi connectivity index (χ1) is 14.5. The summed E-state index contributed by atoms with van der Waals surface area (Å²) in [4.78, 5) is 14.6. The second kappa shape index (κ2) is 8.33. The van der Waals surface area contributed by atoms with Crippen molar-refractivity contribution in [1.82, 2.24) is 19.5 Å². The molecule has 2 heterocycles. The molecular weight excluding hydrogens is 406 g/mol. The zero-order chi connectivity index (χ0) is 21.1. The highest BCUT2D eigenvalue weighted by molar-refractivity contribution is 7.89. The van der Waals surface area contributed by atoms with Gasteiger partial charge in [0.2, 0.25) is 10.0 Å². The van der Waals surface area contributed by atoms with E-state index in [0.29, 0.717) is 6.54 Å². The van der Waals surface area contributed by atoms with Crippen LogP contribution < -0.4 is 4.72 Å². The van der Waals surface area contributed by atoms with Crippen molar-refractivity contribution < 1.29 is 13.3 Å². The quantitative estimate of drug-likeness (QED) is 0.457. The van der Waals surface area contributed by atoms with E-state index in [4.69, 9.17) is 5.10 Å². The van der Waals surface area contributed by atoms with Crippen LogP contribution in [0.1, 0.15) is 24.1 Å². The maximum atomic E-state index is 12.5. The Kier molecular flexibility index (Phi) is 5.60. The molecule has 0 fully saturated rings. The Hall–Kier alpha value is -3.11. The molecule has 1 aliphatic rings. The first-order valence-electron chi connectivity index (χ1n) is 9.70. The van der Waals surface area contributed by atoms with E-state index in [2.05, 4.69) is 9.71 Å². The van der Waals surface area contributed by atoms with Gasteiger partial charge in [0.1, 0.15) is 5.69 Å². The van der Waals surface area contributed by atoms with Crippen molar-refractivity contribution in [3.63, 3.8) is 0 Å². The number of hydrogen-bond acceptors (Lipinski definition) is 6. The Morgan fingerprint density at radius 1 is 1.13 bits per heavy atom. The summed E-state index contributed by atoms with van der Waals surface area (Å²) >= 11 is 0. The number of nitro benzene ring substituents is 1. The van der Waals surface area contributed by atoms with Crippen LogP contribution in [0.2, 0.25) is 0 Å². The Morgan fingerprint density at radius 2 is 1.97 bits per heavy atom. The number of sulfonamides is 1. The van der Waals surface area contributed by atoms with Gasteiger partial charge in [0, 0.05) is 36.1 Å². The van der Waals surface area contributed by atoms with Gasteiger partial charge in [0.25, 0.3) is 5.69 Å². The van der Waals surface area contributed by atoms with Crippen molar-refractivity contribution in [2.24, 2.45) is 0 Å². The van der Waals surface area contributed by atoms with Crippen LogP contribution in [0.15, 0.2) is 53.6 Å². The third-order valence-corrected chi connectivity index (χ3v) is 6.58. The predicted molar refractivity (Wildman–Crippen MR) is 110 cm³/mol. The van der Waals surface area contributed by atoms with Gasteiger partial charge in [-0.1, -0.05) is 12.1 Å². The van der Waals surface area contributed by atoms with E-state index < -0.39 is 14.9 Å². The molecule has 10 heteroatoms. The van der Waals surface area contributed by atoms with E-state index in [0.717, 1.165) is 48.8 Å². The summed E-state index contributed by atoms with van der Waals surface area (Å²) in [6.45, 7) is 0.490. The van der Waals surface area contributed by atoms with E-state index in [1.54, 1.807) is 6.20 Å². The number of pyridine rings is 1. The summed E-state index contributed by atoms with van der Waals surface area (Å²) in [6, 6.07) is 10.7. The molecule has 0 aliphatic heterocycles. The first-order valence-corrected chi connectivity index (χ1v) is 11.2. The van der Waals surface area contributed by atoms with Gasteiger partial charge in [0.15, 0.2) is 0 Å². The van der Waals surface area contributed by atoms with Gasteiger partial charge in [-0.25, -0.2) is 13.1 Å². The molecular formula is C20H21N5O4S. The summed E-state index contributed by atoms with van der Waals surface area (Å²) in [5.41, 5.74) is 3.70. The highest BCUT2D eigenvalue weighted by Gasteiger charge is 2.23. The maximum Gasteiger partial charge on any atom is 0.270 e. The minimum Gasteiger partial charge on any atom is -0.267 e. The van der Waals surface area contributed by atoms with E-state index >= 15 is 0 Å². The number of rotatable bonds is 7. The molecule has 3 aromatic rings. The maximum absolute atomic E-state index is 12.5. The predicted octanol–water partition coefficient (Wildman–Crippen LogP) is 2.71. The lowest BCUT2D eigenvalue weighted by Gasteiger charge is -2.14. The number of fused-ring (bicyclic) bond motifs is 1. The van der Waals surface area contributed by atoms with Gasteiger partial charge < -0.3 is 0 Å². The standard InChI is InChI=1S/C20H21N5O4S/c26-25(27)15-6-5-7-16(14-15)30(28,29)22-12-13-24-19-10-2-1-8-17(19)20(23-24)18-9-3-4-11-21-18/h3-7,9,11,14,22H,1-2,8,10,12-13H2. The lowest BCUT2D eigenvalue weighted by Crippen LogP contribution is -2.28. The molecule has 2 aromatic heterocycles. The fraction of sp³-hybridized carbons (Fsp3) is 0.300. The van der Waals surface area contributed by atoms with Crippen molar-refractivity contribution in [2.75, 3.05) is 6.54 Å². The van der Waals surface area contributed by atoms with Crippen LogP contribution >= 0.6 is 0 Å². The molecule has 0 unspecified atom stereocenters. The Balaban J connectivity index is 1.52. The molecule has 1 aliphatic carbocycles. The van der Waals surface area contributed by atoms with E-state index in [1.165, 1.54) is 23.8 Å². The monoisotopic (exact) mass is 427 g/mol. The molecule has 0 saturated carbocycles. The molecule has 0 atom stereocenters. The average molecular weight is 427 g/mol. The zero-order valence-corrected chi connectivity index (χ0v) is 17.0. The van der Waals surface area contributed by atoms with Crippen LogP contribution in [0.5, 0.6) is 0 Å². The number of non-ortho nitro benzene ring substituents is 1. The molecule has 1 N–H and O–H groups in total. The van der Waals surface area contributed by atoms with Crippen molar-refractivity contribution in [3.05, 3.63) is 70.0 Å². The van der Waals surface area contributed by atoms with Crippen molar-refractivity contribution >= 4 is 15.7 Å². The highest BCUT2D eigenvalue weighted by Crippen LogP contribution is 2.30. The molecule has 9 nitrogen and oxygen atoms in total. The fourth-order valence-electron chi connectivity index (χ4n) is 3.70. The number of aromatic nitrogens is 3. The van der Waals surface area contributed by atoms with Gasteiger partial charge in [-0.2, -0.15) is 5.10 Å². The molecule has 156 valence electrons. The molecule has 4 rings (SSSR count). The Morgan fingerprint density at radius 3 is 2.73 bits per heavy atom. The van der Waals surface area contributed by atoms with Crippen LogP contribution in [0, 0.1) is 10.1 Å². The summed E-state index contributed by atoms with van der Waals surface area (Å²) in [7, 11) is -3.86. The number of nitrogens with zero attached hydrogens (tertiary/aromatic N) is 4. The minimum absolute atomic E-state index is 0.126. The van der Waals surface area contributed by atoms with Crippen LogP contribution in [0.3, 0.4) is 0 Å². The smallest absolute Gasteiger partial charge is 0.267 e. The fourth-order valence-corrected chi connectivity index (χ4v) is 4.76. The largest absolute Gasteiger partial charge is 0.270 e. The van der Waals surface area contributed by atoms with Crippen LogP contribution in [0.4, 0.5) is 5.69 Å². The topological polar surface area (TPSA) is 120 Å². The normalized spacial score (nSPS) is 13.7. The molecule has 0 radical (unpaired) electrons. The molecule has 0 bridgehead atoms. The number of nitro groups is 1. The van der Waals surface area contributed by atoms with Crippen LogP contribution in [0.25, 0.3) is 11.4 Å². The molecule has 0 amide bonds. The Labute approximate surface area is 174 Å². The van der Waals surface area contributed by atoms with Gasteiger partial charge >= 0.3 is 0 Å². The number of nitrogens with one attached hydrogen (secondary N) is 1. The van der Waals surface area contributed by atoms with Crippen molar-refractivity contribution in [3.8, 4) is 11.4 Å². The van der Waals surface area contributed by atoms with E-state index in [9.17, 15) is 18.5 Å². The van der Waals surface area contributed by atoms with E-state index in [1.807, 2.05) is 22.9 Å². The highest BCUT2D eigenvalue weighted by atomic mass is 32.2. The lowest BCUT2D eigenvalue weighted by molar-refractivity contribution is -0.385. The average Bonchev–Trinajstić information content (AvgIpc) is 3.13. The summed E-state index contributed by atoms with van der Waals surface area (Å²) in [6.07, 6.45) is 5.72. The third kappa shape index (κ3) is 4.10. The molecule has 0 saturated heterocycles. The zero-order valence-electron chi connectivity index (χ0n) is 16.2. The van der Waals surface area contributed by atoms with Gasteiger partial charge in [-0.05, 0) is 43.9 Å².